The van der Waals surface area contributed by atoms with Crippen LogP contribution in [-0.4, -0.2) is 40.6 Å². The van der Waals surface area contributed by atoms with E-state index in [2.05, 4.69) is 10.1 Å². The van der Waals surface area contributed by atoms with E-state index in [4.69, 9.17) is 9.47 Å². The smallest absolute Gasteiger partial charge is 0.351 e. The van der Waals surface area contributed by atoms with Gasteiger partial charge in [0.2, 0.25) is 9.84 Å². The second-order valence-electron chi connectivity index (χ2n) is 5.47. The van der Waals surface area contributed by atoms with Crippen molar-refractivity contribution < 1.29 is 32.3 Å². The van der Waals surface area contributed by atoms with Gasteiger partial charge in [0.05, 0.1) is 26.3 Å². The molecule has 29 heavy (non-hydrogen) atoms. The maximum absolute atomic E-state index is 13.0. The molecule has 0 heterocycles. The Balaban J connectivity index is 2.55. The number of nitrogens with zero attached hydrogens (tertiary/aromatic N) is 1. The monoisotopic (exact) mass is 422 g/mol. The van der Waals surface area contributed by atoms with Crippen molar-refractivity contribution in [3.63, 3.8) is 0 Å². The first kappa shape index (κ1) is 21.7. The lowest BCUT2D eigenvalue weighted by Crippen LogP contribution is -2.18. The van der Waals surface area contributed by atoms with Crippen LogP contribution in [0.1, 0.15) is 0 Å². The van der Waals surface area contributed by atoms with Gasteiger partial charge in [0.1, 0.15) is 16.4 Å². The van der Waals surface area contributed by atoms with Gasteiger partial charge >= 0.3 is 5.97 Å². The average Bonchev–Trinajstić information content (AvgIpc) is 2.72. The Bertz CT molecular complexity index is 1040. The van der Waals surface area contributed by atoms with Gasteiger partial charge in [-0.3, -0.25) is 10.1 Å². The predicted molar refractivity (Wildman–Crippen MR) is 104 cm³/mol. The van der Waals surface area contributed by atoms with Crippen molar-refractivity contribution in [2.24, 2.45) is 0 Å². The van der Waals surface area contributed by atoms with Crippen LogP contribution in [0.4, 0.5) is 11.4 Å². The number of hydrogen-bond acceptors (Lipinski definition) is 9. The third-order valence-corrected chi connectivity index (χ3v) is 5.54. The molecule has 10 nitrogen and oxygen atoms in total. The number of benzene rings is 2. The molecule has 0 aliphatic heterocycles. The molecule has 2 aromatic rings. The zero-order valence-electron chi connectivity index (χ0n) is 15.7. The van der Waals surface area contributed by atoms with E-state index in [1.165, 1.54) is 38.5 Å². The number of ether oxygens (including phenoxy) is 3. The number of carbonyl (C=O) groups is 1. The first-order valence-corrected chi connectivity index (χ1v) is 9.49. The summed E-state index contributed by atoms with van der Waals surface area (Å²) in [5.41, 5.74) is -0.314. The van der Waals surface area contributed by atoms with E-state index >= 15 is 0 Å². The number of nitro groups is 1. The largest absolute Gasteiger partial charge is 0.497 e. The molecule has 0 aliphatic rings. The summed E-state index contributed by atoms with van der Waals surface area (Å²) in [4.78, 5) is 21.1. The van der Waals surface area contributed by atoms with Gasteiger partial charge in [-0.1, -0.05) is 12.1 Å². The number of nitrogens with one attached hydrogen (secondary N) is 1. The minimum Gasteiger partial charge on any atom is -0.497 e. The highest BCUT2D eigenvalue weighted by Crippen LogP contribution is 2.30. The molecule has 0 atom stereocenters. The van der Waals surface area contributed by atoms with E-state index < -0.39 is 36.2 Å². The van der Waals surface area contributed by atoms with Gasteiger partial charge in [0, 0.05) is 36.2 Å². The molecule has 0 aliphatic carbocycles. The van der Waals surface area contributed by atoms with Crippen LogP contribution in [0.25, 0.3) is 0 Å². The number of carbonyl (C=O) groups excluding carboxylic acids is 1. The molecule has 154 valence electrons. The third-order valence-electron chi connectivity index (χ3n) is 3.75. The van der Waals surface area contributed by atoms with Gasteiger partial charge in [-0.25, -0.2) is 13.2 Å². The van der Waals surface area contributed by atoms with Gasteiger partial charge < -0.3 is 19.5 Å². The standard InChI is InChI=1S/C18H18N2O8S/c1-26-13-8-12(9-14(10-13)27-2)19-11-17(18(21)28-3)29(24,25)16-7-5-4-6-15(16)20(22)23/h4-11,19H,1-3H3/b17-11+. The number of sulfone groups is 1. The molecule has 11 heteroatoms. The molecule has 0 radical (unpaired) electrons. The van der Waals surface area contributed by atoms with E-state index in [1.54, 1.807) is 6.07 Å². The highest BCUT2D eigenvalue weighted by molar-refractivity contribution is 7.96. The van der Waals surface area contributed by atoms with E-state index in [-0.39, 0.29) is 0 Å². The summed E-state index contributed by atoms with van der Waals surface area (Å²) in [5.74, 6) is -0.353. The lowest BCUT2D eigenvalue weighted by atomic mass is 10.3. The number of rotatable bonds is 8. The second-order valence-corrected chi connectivity index (χ2v) is 7.36. The summed E-state index contributed by atoms with van der Waals surface area (Å²) < 4.78 is 40.7. The molecule has 0 fully saturated rings. The van der Waals surface area contributed by atoms with Crippen molar-refractivity contribution in [3.05, 3.63) is 63.7 Å². The fourth-order valence-electron chi connectivity index (χ4n) is 2.34. The van der Waals surface area contributed by atoms with Crippen molar-refractivity contribution in [2.45, 2.75) is 4.90 Å². The topological polar surface area (TPSA) is 134 Å². The van der Waals surface area contributed by atoms with Crippen LogP contribution in [0.15, 0.2) is 58.5 Å². The maximum Gasteiger partial charge on any atom is 0.351 e. The van der Waals surface area contributed by atoms with Crippen LogP contribution in [0.3, 0.4) is 0 Å². The number of anilines is 1. The van der Waals surface area contributed by atoms with Gasteiger partial charge in [-0.2, -0.15) is 0 Å². The molecule has 0 amide bonds. The van der Waals surface area contributed by atoms with Gasteiger partial charge in [-0.15, -0.1) is 0 Å². The van der Waals surface area contributed by atoms with Crippen molar-refractivity contribution in [1.82, 2.24) is 0 Å². The lowest BCUT2D eigenvalue weighted by Gasteiger charge is -2.11. The Morgan fingerprint density at radius 1 is 1.07 bits per heavy atom. The number of methoxy groups -OCH3 is 3. The Labute approximate surface area is 166 Å². The van der Waals surface area contributed by atoms with Gasteiger partial charge in [0.15, 0.2) is 4.91 Å². The Hall–Kier alpha value is -3.60. The first-order valence-electron chi connectivity index (χ1n) is 8.01. The van der Waals surface area contributed by atoms with Crippen LogP contribution in [-0.2, 0) is 19.4 Å². The highest BCUT2D eigenvalue weighted by atomic mass is 32.2. The molecular formula is C18H18N2O8S. The molecule has 0 spiro atoms. The van der Waals surface area contributed by atoms with E-state index in [1.807, 2.05) is 0 Å². The lowest BCUT2D eigenvalue weighted by molar-refractivity contribution is -0.387. The van der Waals surface area contributed by atoms with Crippen molar-refractivity contribution in [3.8, 4) is 11.5 Å². The van der Waals surface area contributed by atoms with Gasteiger partial charge in [0.25, 0.3) is 5.69 Å². The summed E-state index contributed by atoms with van der Waals surface area (Å²) in [6.07, 6.45) is 0.895. The minimum absolute atomic E-state index is 0.348. The summed E-state index contributed by atoms with van der Waals surface area (Å²) in [6, 6.07) is 9.37. The number of nitro benzene ring substituents is 1. The molecule has 0 bridgehead atoms. The van der Waals surface area contributed by atoms with Crippen molar-refractivity contribution in [1.29, 1.82) is 0 Å². The SMILES string of the molecule is COC(=O)/C(=C\Nc1cc(OC)cc(OC)c1)S(=O)(=O)c1ccccc1[N+](=O)[O-]. The van der Waals surface area contributed by atoms with Crippen molar-refractivity contribution >= 4 is 27.2 Å². The Kier molecular flexibility index (Phi) is 6.78. The normalized spacial score (nSPS) is 11.5. The van der Waals surface area contributed by atoms with Crippen LogP contribution in [0.5, 0.6) is 11.5 Å². The Morgan fingerprint density at radius 3 is 2.17 bits per heavy atom. The molecule has 1 N–H and O–H groups in total. The molecule has 0 saturated carbocycles. The van der Waals surface area contributed by atoms with Gasteiger partial charge in [-0.05, 0) is 6.07 Å². The minimum atomic E-state index is -4.57. The molecule has 0 unspecified atom stereocenters. The molecular weight excluding hydrogens is 404 g/mol. The van der Waals surface area contributed by atoms with Crippen LogP contribution < -0.4 is 14.8 Å². The zero-order chi connectivity index (χ0) is 21.6. The highest BCUT2D eigenvalue weighted by Gasteiger charge is 2.33. The number of esters is 1. The van der Waals surface area contributed by atoms with E-state index in [0.717, 1.165) is 25.4 Å². The summed E-state index contributed by atoms with van der Waals surface area (Å²) >= 11 is 0. The maximum atomic E-state index is 13.0. The summed E-state index contributed by atoms with van der Waals surface area (Å²) in [5, 5.41) is 13.9. The summed E-state index contributed by atoms with van der Waals surface area (Å²) in [7, 11) is -0.694. The quantitative estimate of drug-likeness (QED) is 0.295. The van der Waals surface area contributed by atoms with Crippen molar-refractivity contribution in [2.75, 3.05) is 26.6 Å². The average molecular weight is 422 g/mol. The zero-order valence-corrected chi connectivity index (χ0v) is 16.6. The van der Waals surface area contributed by atoms with Crippen LogP contribution in [0, 0.1) is 10.1 Å². The first-order chi connectivity index (χ1) is 13.7. The second kappa shape index (κ2) is 9.06. The van der Waals surface area contributed by atoms with E-state index in [0.29, 0.717) is 17.2 Å². The number of hydrogen-bond donors (Lipinski definition) is 1. The fourth-order valence-corrected chi connectivity index (χ4v) is 3.77. The van der Waals surface area contributed by atoms with Crippen LogP contribution >= 0.6 is 0 Å². The third kappa shape index (κ3) is 4.82. The fraction of sp³-hybridized carbons (Fsp3) is 0.167. The molecule has 0 aromatic heterocycles. The molecule has 2 aromatic carbocycles. The van der Waals surface area contributed by atoms with Crippen LogP contribution in [0.2, 0.25) is 0 Å². The Morgan fingerprint density at radius 2 is 1.66 bits per heavy atom. The van der Waals surface area contributed by atoms with E-state index in [9.17, 15) is 23.3 Å². The molecule has 2 rings (SSSR count). The summed E-state index contributed by atoms with van der Waals surface area (Å²) in [6.45, 7) is 0. The number of para-hydroxylation sites is 1. The molecule has 0 saturated heterocycles. The predicted octanol–water partition coefficient (Wildman–Crippen LogP) is 2.51.